The molecule has 0 saturated heterocycles. The number of aromatic nitrogens is 3. The summed E-state index contributed by atoms with van der Waals surface area (Å²) in [5.41, 5.74) is 5.75. The van der Waals surface area contributed by atoms with Crippen molar-refractivity contribution >= 4 is 54.4 Å². The molecule has 168 valence electrons. The van der Waals surface area contributed by atoms with E-state index in [1.807, 2.05) is 0 Å². The highest BCUT2D eigenvalue weighted by molar-refractivity contribution is 6.22. The maximum Gasteiger partial charge on any atom is 0.138 e. The average molecular weight is 460 g/mol. The molecule has 3 nitrogen and oxygen atoms in total. The van der Waals surface area contributed by atoms with E-state index in [2.05, 4.69) is 137 Å². The van der Waals surface area contributed by atoms with Gasteiger partial charge in [-0.2, -0.15) is 0 Å². The van der Waals surface area contributed by atoms with Gasteiger partial charge in [0.05, 0.1) is 22.1 Å². The summed E-state index contributed by atoms with van der Waals surface area (Å²) in [6.07, 6.45) is 2.17. The van der Waals surface area contributed by atoms with Crippen molar-refractivity contribution in [2.45, 2.75) is 0 Å². The number of pyridine rings is 1. The highest BCUT2D eigenvalue weighted by Crippen LogP contribution is 2.39. The zero-order valence-electron chi connectivity index (χ0n) is 19.5. The zero-order valence-corrected chi connectivity index (χ0v) is 19.5. The van der Waals surface area contributed by atoms with Gasteiger partial charge in [-0.3, -0.25) is 4.57 Å². The van der Waals surface area contributed by atoms with Gasteiger partial charge in [-0.1, -0.05) is 72.8 Å². The van der Waals surface area contributed by atoms with Gasteiger partial charge in [-0.15, -0.1) is 0 Å². The summed E-state index contributed by atoms with van der Waals surface area (Å²) in [5, 5.41) is 7.37. The summed E-state index contributed by atoms with van der Waals surface area (Å²) >= 11 is 0. The second kappa shape index (κ2) is 7.30. The maximum atomic E-state index is 5.09. The van der Waals surface area contributed by atoms with Gasteiger partial charge >= 0.3 is 0 Å². The van der Waals surface area contributed by atoms with Crippen molar-refractivity contribution in [3.63, 3.8) is 0 Å². The van der Waals surface area contributed by atoms with E-state index in [1.165, 1.54) is 49.2 Å². The fraction of sp³-hybridized carbons (Fsp3) is 0. The minimum atomic E-state index is 0.939. The minimum Gasteiger partial charge on any atom is -0.317 e. The van der Waals surface area contributed by atoms with Crippen LogP contribution >= 0.6 is 0 Å². The van der Waals surface area contributed by atoms with Crippen molar-refractivity contribution in [2.24, 2.45) is 0 Å². The van der Waals surface area contributed by atoms with E-state index in [-0.39, 0.29) is 0 Å². The van der Waals surface area contributed by atoms with Crippen molar-refractivity contribution in [3.8, 4) is 11.5 Å². The first-order valence-electron chi connectivity index (χ1n) is 12.2. The molecule has 0 bridgehead atoms. The van der Waals surface area contributed by atoms with E-state index in [4.69, 9.17) is 4.98 Å². The Morgan fingerprint density at radius 3 is 2.14 bits per heavy atom. The molecule has 0 aliphatic heterocycles. The molecule has 0 aliphatic carbocycles. The van der Waals surface area contributed by atoms with E-state index in [1.54, 1.807) is 0 Å². The van der Waals surface area contributed by atoms with Crippen LogP contribution in [0.15, 0.2) is 128 Å². The lowest BCUT2D eigenvalue weighted by Gasteiger charge is -2.11. The molecule has 5 aromatic carbocycles. The molecule has 36 heavy (non-hydrogen) atoms. The molecular weight excluding hydrogens is 438 g/mol. The van der Waals surface area contributed by atoms with E-state index in [0.29, 0.717) is 0 Å². The Morgan fingerprint density at radius 1 is 0.472 bits per heavy atom. The Bertz CT molecular complexity index is 2100. The summed E-state index contributed by atoms with van der Waals surface area (Å²) in [6.45, 7) is 0. The molecule has 0 saturated carbocycles. The van der Waals surface area contributed by atoms with Crippen molar-refractivity contribution < 1.29 is 0 Å². The molecular formula is C33H21N3. The van der Waals surface area contributed by atoms with Crippen LogP contribution in [0.5, 0.6) is 0 Å². The van der Waals surface area contributed by atoms with Crippen LogP contribution in [0.25, 0.3) is 65.9 Å². The summed E-state index contributed by atoms with van der Waals surface area (Å²) in [5.74, 6) is 0.939. The van der Waals surface area contributed by atoms with Gasteiger partial charge in [0.15, 0.2) is 0 Å². The maximum absolute atomic E-state index is 5.09. The normalized spacial score (nSPS) is 11.9. The fourth-order valence-corrected chi connectivity index (χ4v) is 5.72. The van der Waals surface area contributed by atoms with Gasteiger partial charge in [-0.25, -0.2) is 4.98 Å². The molecule has 8 rings (SSSR count). The lowest BCUT2D eigenvalue weighted by atomic mass is 10.0. The van der Waals surface area contributed by atoms with Crippen molar-refractivity contribution in [2.75, 3.05) is 0 Å². The van der Waals surface area contributed by atoms with Gasteiger partial charge in [0.1, 0.15) is 5.82 Å². The van der Waals surface area contributed by atoms with E-state index in [9.17, 15) is 0 Å². The van der Waals surface area contributed by atoms with Crippen molar-refractivity contribution in [1.82, 2.24) is 14.1 Å². The Kier molecular flexibility index (Phi) is 3.94. The third-order valence-corrected chi connectivity index (χ3v) is 7.35. The molecule has 0 amide bonds. The van der Waals surface area contributed by atoms with E-state index < -0.39 is 0 Å². The molecule has 8 aromatic rings. The highest BCUT2D eigenvalue weighted by atomic mass is 15.1. The largest absolute Gasteiger partial charge is 0.317 e. The quantitative estimate of drug-likeness (QED) is 0.254. The second-order valence-electron chi connectivity index (χ2n) is 9.29. The Hall–Kier alpha value is -4.89. The lowest BCUT2D eigenvalue weighted by molar-refractivity contribution is 1.11. The van der Waals surface area contributed by atoms with Crippen LogP contribution in [0.1, 0.15) is 0 Å². The number of benzene rings is 5. The number of rotatable bonds is 2. The van der Waals surface area contributed by atoms with Gasteiger partial charge in [-0.05, 0) is 53.9 Å². The molecule has 0 N–H and O–H groups in total. The third-order valence-electron chi connectivity index (χ3n) is 7.35. The highest BCUT2D eigenvalue weighted by Gasteiger charge is 2.17. The Labute approximate surface area is 207 Å². The summed E-state index contributed by atoms with van der Waals surface area (Å²) in [6, 6.07) is 43.1. The van der Waals surface area contributed by atoms with Gasteiger partial charge in [0.2, 0.25) is 0 Å². The average Bonchev–Trinajstić information content (AvgIpc) is 3.53. The zero-order chi connectivity index (χ0) is 23.6. The minimum absolute atomic E-state index is 0.939. The van der Waals surface area contributed by atoms with E-state index in [0.717, 1.165) is 16.7 Å². The number of hydrogen-bond donors (Lipinski definition) is 0. The molecule has 0 radical (unpaired) electrons. The summed E-state index contributed by atoms with van der Waals surface area (Å²) in [4.78, 5) is 5.09. The number of fused-ring (bicyclic) bond motifs is 8. The molecule has 3 heteroatoms. The lowest BCUT2D eigenvalue weighted by Crippen LogP contribution is -1.98. The van der Waals surface area contributed by atoms with Crippen molar-refractivity contribution in [1.29, 1.82) is 0 Å². The third kappa shape index (κ3) is 2.65. The predicted octanol–water partition coefficient (Wildman–Crippen LogP) is 8.43. The molecule has 3 aromatic heterocycles. The number of para-hydroxylation sites is 3. The fourth-order valence-electron chi connectivity index (χ4n) is 5.72. The SMILES string of the molecule is c1ccc(-n2ccc3c4ccc5c6ccccc6n(-c6ccc7ccccc7n6)c5c4ccc32)cc1. The van der Waals surface area contributed by atoms with Crippen LogP contribution in [-0.4, -0.2) is 14.1 Å². The van der Waals surface area contributed by atoms with Crippen LogP contribution in [0.4, 0.5) is 0 Å². The van der Waals surface area contributed by atoms with Crippen molar-refractivity contribution in [3.05, 3.63) is 128 Å². The van der Waals surface area contributed by atoms with Crippen LogP contribution in [0, 0.1) is 0 Å². The number of hydrogen-bond acceptors (Lipinski definition) is 1. The molecule has 3 heterocycles. The summed E-state index contributed by atoms with van der Waals surface area (Å²) in [7, 11) is 0. The van der Waals surface area contributed by atoms with Gasteiger partial charge in [0.25, 0.3) is 0 Å². The molecule has 0 aliphatic rings. The topological polar surface area (TPSA) is 22.8 Å². The van der Waals surface area contributed by atoms with Crippen LogP contribution in [0.3, 0.4) is 0 Å². The molecule has 0 spiro atoms. The van der Waals surface area contributed by atoms with Crippen LogP contribution in [-0.2, 0) is 0 Å². The monoisotopic (exact) mass is 459 g/mol. The first kappa shape index (κ1) is 19.4. The first-order valence-corrected chi connectivity index (χ1v) is 12.2. The molecule has 0 unspecified atom stereocenters. The Balaban J connectivity index is 1.49. The standard InChI is InChI=1S/C33H21N3/c1-2-9-23(10-3-1)35-21-20-26-24-15-16-28-25-11-5-7-13-31(25)36(33(28)27(24)17-18-30(26)35)32-19-14-22-8-4-6-12-29(22)34-32/h1-21H. The van der Waals surface area contributed by atoms with Crippen LogP contribution in [0.2, 0.25) is 0 Å². The first-order chi connectivity index (χ1) is 17.9. The molecule has 0 atom stereocenters. The van der Waals surface area contributed by atoms with Gasteiger partial charge < -0.3 is 4.57 Å². The Morgan fingerprint density at radius 2 is 1.19 bits per heavy atom. The van der Waals surface area contributed by atoms with Crippen LogP contribution < -0.4 is 0 Å². The second-order valence-corrected chi connectivity index (χ2v) is 9.29. The smallest absolute Gasteiger partial charge is 0.138 e. The van der Waals surface area contributed by atoms with E-state index >= 15 is 0 Å². The van der Waals surface area contributed by atoms with Gasteiger partial charge in [0, 0.05) is 38.8 Å². The number of nitrogens with zero attached hydrogens (tertiary/aromatic N) is 3. The molecule has 0 fully saturated rings. The predicted molar refractivity (Wildman–Crippen MR) is 150 cm³/mol. The summed E-state index contributed by atoms with van der Waals surface area (Å²) < 4.78 is 4.60.